The van der Waals surface area contributed by atoms with E-state index in [4.69, 9.17) is 0 Å². The summed E-state index contributed by atoms with van der Waals surface area (Å²) in [7, 11) is 0. The van der Waals surface area contributed by atoms with Crippen LogP contribution in [0.3, 0.4) is 0 Å². The first-order chi connectivity index (χ1) is 17.9. The molecular formula is C33H28O4. The van der Waals surface area contributed by atoms with Crippen LogP contribution in [0.15, 0.2) is 121 Å². The maximum absolute atomic E-state index is 14.5. The van der Waals surface area contributed by atoms with Crippen LogP contribution in [0, 0.1) is 17.3 Å². The number of ketones is 4. The number of benzene rings is 4. The molecule has 37 heavy (non-hydrogen) atoms. The molecule has 4 heteroatoms. The maximum atomic E-state index is 14.5. The van der Waals surface area contributed by atoms with Crippen molar-refractivity contribution in [2.24, 2.45) is 17.3 Å². The standard InChI is InChI=1S/C33H28O4/c1-23(2)33(31(36)26-19-11-5-12-20-26,32(37)27-21-13-6-14-22-27)28(29(34)24-15-7-3-8-16-24)30(35)25-17-9-4-10-18-25/h3-23,28H,1-2H3. The van der Waals surface area contributed by atoms with E-state index in [0.29, 0.717) is 0 Å². The van der Waals surface area contributed by atoms with Crippen LogP contribution >= 0.6 is 0 Å². The molecule has 0 aliphatic heterocycles. The van der Waals surface area contributed by atoms with E-state index in [0.717, 1.165) is 0 Å². The smallest absolute Gasteiger partial charge is 0.178 e. The van der Waals surface area contributed by atoms with E-state index in [-0.39, 0.29) is 22.3 Å². The molecule has 4 aromatic carbocycles. The summed E-state index contributed by atoms with van der Waals surface area (Å²) in [6.45, 7) is 3.45. The molecular weight excluding hydrogens is 460 g/mol. The summed E-state index contributed by atoms with van der Waals surface area (Å²) in [6, 6.07) is 33.6. The van der Waals surface area contributed by atoms with Gasteiger partial charge in [0.1, 0.15) is 11.3 Å². The highest BCUT2D eigenvalue weighted by atomic mass is 16.2. The van der Waals surface area contributed by atoms with Crippen LogP contribution in [-0.4, -0.2) is 23.1 Å². The Hall–Kier alpha value is -4.44. The monoisotopic (exact) mass is 488 g/mol. The van der Waals surface area contributed by atoms with Gasteiger partial charge in [-0.05, 0) is 5.92 Å². The summed E-state index contributed by atoms with van der Waals surface area (Å²) in [4.78, 5) is 57.5. The molecule has 0 unspecified atom stereocenters. The van der Waals surface area contributed by atoms with Crippen molar-refractivity contribution in [3.05, 3.63) is 144 Å². The van der Waals surface area contributed by atoms with Crippen molar-refractivity contribution >= 4 is 23.1 Å². The van der Waals surface area contributed by atoms with Crippen molar-refractivity contribution in [2.45, 2.75) is 13.8 Å². The van der Waals surface area contributed by atoms with Crippen molar-refractivity contribution in [2.75, 3.05) is 0 Å². The third kappa shape index (κ3) is 4.83. The van der Waals surface area contributed by atoms with Crippen LogP contribution in [-0.2, 0) is 0 Å². The first kappa shape index (κ1) is 25.6. The molecule has 0 heterocycles. The largest absolute Gasteiger partial charge is 0.293 e. The van der Waals surface area contributed by atoms with Crippen LogP contribution in [0.5, 0.6) is 0 Å². The minimum absolute atomic E-state index is 0.267. The molecule has 184 valence electrons. The van der Waals surface area contributed by atoms with Gasteiger partial charge in [0.05, 0.1) is 0 Å². The Labute approximate surface area is 217 Å². The SMILES string of the molecule is CC(C)C(C(=O)c1ccccc1)(C(=O)c1ccccc1)C(C(=O)c1ccccc1)C(=O)c1ccccc1. The molecule has 0 spiro atoms. The lowest BCUT2D eigenvalue weighted by molar-refractivity contribution is 0.0366. The third-order valence-corrected chi connectivity index (χ3v) is 6.83. The van der Waals surface area contributed by atoms with Gasteiger partial charge in [0.25, 0.3) is 0 Å². The van der Waals surface area contributed by atoms with Gasteiger partial charge >= 0.3 is 0 Å². The molecule has 0 aromatic heterocycles. The average molecular weight is 489 g/mol. The number of Topliss-reactive ketones (excluding diaryl/α,β-unsaturated/α-hetero) is 4. The number of carbonyl (C=O) groups is 4. The lowest BCUT2D eigenvalue weighted by atomic mass is 9.56. The molecule has 0 fully saturated rings. The maximum Gasteiger partial charge on any atom is 0.178 e. The second-order valence-corrected chi connectivity index (χ2v) is 9.31. The van der Waals surface area contributed by atoms with Gasteiger partial charge in [0, 0.05) is 22.3 Å². The number of rotatable bonds is 10. The van der Waals surface area contributed by atoms with E-state index < -0.39 is 40.4 Å². The number of hydrogen-bond acceptors (Lipinski definition) is 4. The highest BCUT2D eigenvalue weighted by molar-refractivity contribution is 6.29. The zero-order chi connectivity index (χ0) is 26.4. The molecule has 0 aliphatic rings. The summed E-state index contributed by atoms with van der Waals surface area (Å²) in [5.74, 6) is -4.46. The molecule has 0 bridgehead atoms. The summed E-state index contributed by atoms with van der Waals surface area (Å²) in [6.07, 6.45) is 0. The van der Waals surface area contributed by atoms with Crippen molar-refractivity contribution in [1.29, 1.82) is 0 Å². The van der Waals surface area contributed by atoms with Crippen LogP contribution in [0.25, 0.3) is 0 Å². The second-order valence-electron chi connectivity index (χ2n) is 9.31. The topological polar surface area (TPSA) is 68.3 Å². The van der Waals surface area contributed by atoms with E-state index in [9.17, 15) is 19.2 Å². The Morgan fingerprint density at radius 3 is 1.00 bits per heavy atom. The molecule has 4 nitrogen and oxygen atoms in total. The van der Waals surface area contributed by atoms with Gasteiger partial charge in [-0.2, -0.15) is 0 Å². The molecule has 0 radical (unpaired) electrons. The average Bonchev–Trinajstić information content (AvgIpc) is 2.96. The molecule has 0 aliphatic carbocycles. The normalized spacial score (nSPS) is 11.4. The van der Waals surface area contributed by atoms with E-state index in [1.165, 1.54) is 0 Å². The Balaban J connectivity index is 2.06. The molecule has 0 atom stereocenters. The molecule has 0 saturated heterocycles. The molecule has 0 saturated carbocycles. The van der Waals surface area contributed by atoms with Gasteiger partial charge in [-0.1, -0.05) is 135 Å². The highest BCUT2D eigenvalue weighted by Crippen LogP contribution is 2.45. The molecule has 4 aromatic rings. The quantitative estimate of drug-likeness (QED) is 0.182. The Kier molecular flexibility index (Phi) is 7.69. The zero-order valence-electron chi connectivity index (χ0n) is 20.8. The fourth-order valence-electron chi connectivity index (χ4n) is 4.95. The Morgan fingerprint density at radius 2 is 0.730 bits per heavy atom. The molecule has 0 amide bonds. The first-order valence-electron chi connectivity index (χ1n) is 12.3. The number of hydrogen-bond donors (Lipinski definition) is 0. The van der Waals surface area contributed by atoms with Crippen molar-refractivity contribution in [1.82, 2.24) is 0 Å². The summed E-state index contributed by atoms with van der Waals surface area (Å²) in [5.41, 5.74) is -0.908. The summed E-state index contributed by atoms with van der Waals surface area (Å²) >= 11 is 0. The van der Waals surface area contributed by atoms with Crippen molar-refractivity contribution in [3.63, 3.8) is 0 Å². The van der Waals surface area contributed by atoms with Crippen LogP contribution in [0.2, 0.25) is 0 Å². The van der Waals surface area contributed by atoms with Gasteiger partial charge in [0.2, 0.25) is 0 Å². The van der Waals surface area contributed by atoms with Gasteiger partial charge in [0.15, 0.2) is 23.1 Å². The third-order valence-electron chi connectivity index (χ3n) is 6.83. The Bertz CT molecular complexity index is 1290. The summed E-state index contributed by atoms with van der Waals surface area (Å²) in [5, 5.41) is 0. The minimum atomic E-state index is -1.98. The predicted octanol–water partition coefficient (Wildman–Crippen LogP) is 6.78. The predicted molar refractivity (Wildman–Crippen MR) is 144 cm³/mol. The van der Waals surface area contributed by atoms with E-state index in [2.05, 4.69) is 0 Å². The fourth-order valence-corrected chi connectivity index (χ4v) is 4.95. The van der Waals surface area contributed by atoms with E-state index in [1.807, 2.05) is 0 Å². The van der Waals surface area contributed by atoms with Crippen LogP contribution in [0.1, 0.15) is 55.3 Å². The fraction of sp³-hybridized carbons (Fsp3) is 0.152. The van der Waals surface area contributed by atoms with Gasteiger partial charge < -0.3 is 0 Å². The molecule has 0 N–H and O–H groups in total. The van der Waals surface area contributed by atoms with Gasteiger partial charge in [-0.25, -0.2) is 0 Å². The first-order valence-corrected chi connectivity index (χ1v) is 12.3. The van der Waals surface area contributed by atoms with Gasteiger partial charge in [-0.3, -0.25) is 19.2 Å². The van der Waals surface area contributed by atoms with Crippen LogP contribution < -0.4 is 0 Å². The van der Waals surface area contributed by atoms with E-state index >= 15 is 0 Å². The van der Waals surface area contributed by atoms with Crippen LogP contribution in [0.4, 0.5) is 0 Å². The highest BCUT2D eigenvalue weighted by Gasteiger charge is 2.59. The zero-order valence-corrected chi connectivity index (χ0v) is 20.8. The van der Waals surface area contributed by atoms with Crippen molar-refractivity contribution in [3.8, 4) is 0 Å². The lowest BCUT2D eigenvalue weighted by Gasteiger charge is -2.40. The minimum Gasteiger partial charge on any atom is -0.293 e. The van der Waals surface area contributed by atoms with Gasteiger partial charge in [-0.15, -0.1) is 0 Å². The molecule has 4 rings (SSSR count). The lowest BCUT2D eigenvalue weighted by Crippen LogP contribution is -2.55. The Morgan fingerprint density at radius 1 is 0.459 bits per heavy atom. The van der Waals surface area contributed by atoms with Crippen molar-refractivity contribution < 1.29 is 19.2 Å². The summed E-state index contributed by atoms with van der Waals surface area (Å²) < 4.78 is 0. The number of carbonyl (C=O) groups excluding carboxylic acids is 4. The second kappa shape index (κ2) is 11.1. The van der Waals surface area contributed by atoms with E-state index in [1.54, 1.807) is 135 Å².